The van der Waals surface area contributed by atoms with E-state index in [1.165, 1.54) is 19.2 Å². The van der Waals surface area contributed by atoms with Gasteiger partial charge in [-0.3, -0.25) is 14.9 Å². The number of amides is 2. The second kappa shape index (κ2) is 9.03. The summed E-state index contributed by atoms with van der Waals surface area (Å²) in [6.45, 7) is 0.233. The molecule has 2 rings (SSSR count). The summed E-state index contributed by atoms with van der Waals surface area (Å²) in [5.74, 6) is -3.23. The van der Waals surface area contributed by atoms with Crippen LogP contribution >= 0.6 is 22.9 Å². The fourth-order valence-electron chi connectivity index (χ4n) is 1.82. The van der Waals surface area contributed by atoms with Crippen LogP contribution in [0.25, 0.3) is 0 Å². The van der Waals surface area contributed by atoms with Crippen molar-refractivity contribution in [3.8, 4) is 0 Å². The molecule has 0 aliphatic rings. The van der Waals surface area contributed by atoms with Crippen LogP contribution in [0.15, 0.2) is 24.3 Å². The molecule has 1 heterocycles. The molecule has 0 fully saturated rings. The molecule has 0 aliphatic carbocycles. The zero-order chi connectivity index (χ0) is 19.2. The quantitative estimate of drug-likeness (QED) is 0.661. The van der Waals surface area contributed by atoms with Crippen LogP contribution < -0.4 is 10.6 Å². The van der Waals surface area contributed by atoms with Crippen molar-refractivity contribution in [2.75, 3.05) is 29.2 Å². The summed E-state index contributed by atoms with van der Waals surface area (Å²) >= 11 is 6.79. The van der Waals surface area contributed by atoms with Crippen molar-refractivity contribution in [2.45, 2.75) is 6.61 Å². The molecule has 12 heteroatoms. The highest BCUT2D eigenvalue weighted by Crippen LogP contribution is 2.16. The lowest BCUT2D eigenvalue weighted by Gasteiger charge is -2.06. The molecule has 2 N–H and O–H groups in total. The Labute approximate surface area is 158 Å². The summed E-state index contributed by atoms with van der Waals surface area (Å²) < 4.78 is 28.9. The Morgan fingerprint density at radius 2 is 1.73 bits per heavy atom. The molecule has 9 nitrogen and oxygen atoms in total. The van der Waals surface area contributed by atoms with Crippen LogP contribution in [0.1, 0.15) is 5.01 Å². The van der Waals surface area contributed by atoms with E-state index in [1.54, 1.807) is 12.1 Å². The molecule has 0 saturated heterocycles. The number of hydrogen-bond acceptors (Lipinski definition) is 8. The van der Waals surface area contributed by atoms with Gasteiger partial charge in [0, 0.05) is 17.8 Å². The molecule has 0 spiro atoms. The van der Waals surface area contributed by atoms with E-state index in [0.29, 0.717) is 15.7 Å². The van der Waals surface area contributed by atoms with Gasteiger partial charge >= 0.3 is 0 Å². The summed E-state index contributed by atoms with van der Waals surface area (Å²) in [6, 6.07) is 6.18. The number of nitrogens with zero attached hydrogens (tertiary/aromatic N) is 2. The second-order valence-corrected chi connectivity index (χ2v) is 8.63. The van der Waals surface area contributed by atoms with Crippen LogP contribution in [0.3, 0.4) is 0 Å². The SMILES string of the molecule is COCc1nnc(NC(=O)CS(=O)(=O)CC(=O)Nc2ccc(Cl)cc2)s1. The van der Waals surface area contributed by atoms with Crippen molar-refractivity contribution in [3.63, 3.8) is 0 Å². The van der Waals surface area contributed by atoms with Gasteiger partial charge in [-0.25, -0.2) is 8.42 Å². The molecule has 0 aliphatic heterocycles. The first-order valence-corrected chi connectivity index (χ1v) is 10.2. The number of methoxy groups -OCH3 is 1. The smallest absolute Gasteiger partial charge is 0.241 e. The lowest BCUT2D eigenvalue weighted by molar-refractivity contribution is -0.114. The first-order chi connectivity index (χ1) is 12.3. The van der Waals surface area contributed by atoms with Crippen LogP contribution in [0, 0.1) is 0 Å². The van der Waals surface area contributed by atoms with E-state index in [0.717, 1.165) is 11.3 Å². The van der Waals surface area contributed by atoms with Crippen LogP contribution in [-0.2, 0) is 30.8 Å². The third kappa shape index (κ3) is 6.67. The van der Waals surface area contributed by atoms with Gasteiger partial charge in [0.25, 0.3) is 0 Å². The molecular weight excluding hydrogens is 404 g/mol. The van der Waals surface area contributed by atoms with E-state index in [2.05, 4.69) is 20.8 Å². The van der Waals surface area contributed by atoms with E-state index in [9.17, 15) is 18.0 Å². The van der Waals surface area contributed by atoms with E-state index < -0.39 is 33.2 Å². The van der Waals surface area contributed by atoms with Gasteiger partial charge in [-0.05, 0) is 24.3 Å². The Bertz CT molecular complexity index is 883. The zero-order valence-electron chi connectivity index (χ0n) is 13.6. The fraction of sp³-hybridized carbons (Fsp3) is 0.286. The number of rotatable bonds is 8. The average Bonchev–Trinajstić information content (AvgIpc) is 2.95. The van der Waals surface area contributed by atoms with E-state index in [1.807, 2.05) is 0 Å². The molecule has 26 heavy (non-hydrogen) atoms. The molecule has 0 atom stereocenters. The fourth-order valence-corrected chi connectivity index (χ4v) is 3.72. The van der Waals surface area contributed by atoms with Gasteiger partial charge in [-0.2, -0.15) is 0 Å². The average molecular weight is 419 g/mol. The van der Waals surface area contributed by atoms with Crippen molar-refractivity contribution in [1.82, 2.24) is 10.2 Å². The van der Waals surface area contributed by atoms with Gasteiger partial charge in [0.05, 0.1) is 0 Å². The highest BCUT2D eigenvalue weighted by Gasteiger charge is 2.22. The number of nitrogens with one attached hydrogen (secondary N) is 2. The molecule has 2 aromatic rings. The largest absolute Gasteiger partial charge is 0.377 e. The number of aromatic nitrogens is 2. The van der Waals surface area contributed by atoms with Gasteiger partial charge in [-0.1, -0.05) is 22.9 Å². The van der Waals surface area contributed by atoms with Crippen molar-refractivity contribution >= 4 is 55.4 Å². The van der Waals surface area contributed by atoms with Crippen molar-refractivity contribution in [1.29, 1.82) is 0 Å². The molecule has 1 aromatic carbocycles. The van der Waals surface area contributed by atoms with Gasteiger partial charge in [0.1, 0.15) is 23.1 Å². The summed E-state index contributed by atoms with van der Waals surface area (Å²) in [6.07, 6.45) is 0. The predicted molar refractivity (Wildman–Crippen MR) is 98.0 cm³/mol. The van der Waals surface area contributed by atoms with Crippen molar-refractivity contribution < 1.29 is 22.7 Å². The first kappa shape index (κ1) is 20.2. The van der Waals surface area contributed by atoms with Crippen LogP contribution in [-0.4, -0.2) is 49.0 Å². The Morgan fingerprint density at radius 3 is 2.35 bits per heavy atom. The molecule has 1 aromatic heterocycles. The molecule has 0 saturated carbocycles. The molecule has 2 amide bonds. The standard InChI is InChI=1S/C14H15ClN4O5S2/c1-24-6-13-18-19-14(25-13)17-12(21)8-26(22,23)7-11(20)16-10-4-2-9(15)3-5-10/h2-5H,6-8H2,1H3,(H,16,20)(H,17,19,21). The Balaban J connectivity index is 1.87. The number of anilines is 2. The minimum absolute atomic E-state index is 0.155. The van der Waals surface area contributed by atoms with Crippen molar-refractivity contribution in [3.05, 3.63) is 34.3 Å². The van der Waals surface area contributed by atoms with Gasteiger partial charge in [0.2, 0.25) is 16.9 Å². The maximum Gasteiger partial charge on any atom is 0.241 e. The summed E-state index contributed by atoms with van der Waals surface area (Å²) in [4.78, 5) is 23.7. The van der Waals surface area contributed by atoms with Crippen LogP contribution in [0.5, 0.6) is 0 Å². The number of halogens is 1. The third-order valence-corrected chi connectivity index (χ3v) is 5.28. The Kier molecular flexibility index (Phi) is 7.03. The molecule has 0 bridgehead atoms. The summed E-state index contributed by atoms with van der Waals surface area (Å²) in [7, 11) is -2.46. The minimum Gasteiger partial charge on any atom is -0.377 e. The third-order valence-electron chi connectivity index (χ3n) is 2.81. The normalized spacial score (nSPS) is 11.2. The number of carbonyl (C=O) groups excluding carboxylic acids is 2. The maximum absolute atomic E-state index is 12.0. The zero-order valence-corrected chi connectivity index (χ0v) is 15.9. The lowest BCUT2D eigenvalue weighted by atomic mass is 10.3. The van der Waals surface area contributed by atoms with E-state index in [4.69, 9.17) is 16.3 Å². The maximum atomic E-state index is 12.0. The first-order valence-electron chi connectivity index (χ1n) is 7.14. The minimum atomic E-state index is -3.95. The monoisotopic (exact) mass is 418 g/mol. The Hall–Kier alpha value is -2.08. The number of hydrogen-bond donors (Lipinski definition) is 2. The molecule has 0 unspecified atom stereocenters. The van der Waals surface area contributed by atoms with Crippen LogP contribution in [0.4, 0.5) is 10.8 Å². The van der Waals surface area contributed by atoms with Gasteiger partial charge < -0.3 is 10.1 Å². The topological polar surface area (TPSA) is 127 Å². The lowest BCUT2D eigenvalue weighted by Crippen LogP contribution is -2.30. The second-order valence-electron chi connectivity index (χ2n) is 5.07. The highest BCUT2D eigenvalue weighted by atomic mass is 35.5. The number of benzene rings is 1. The van der Waals surface area contributed by atoms with Crippen molar-refractivity contribution in [2.24, 2.45) is 0 Å². The molecule has 140 valence electrons. The summed E-state index contributed by atoms with van der Waals surface area (Å²) in [5.41, 5.74) is 0.401. The Morgan fingerprint density at radius 1 is 1.12 bits per heavy atom. The number of carbonyl (C=O) groups is 2. The number of sulfone groups is 1. The number of ether oxygens (including phenoxy) is 1. The predicted octanol–water partition coefficient (Wildman–Crippen LogP) is 1.33. The molecular formula is C14H15ClN4O5S2. The van der Waals surface area contributed by atoms with E-state index in [-0.39, 0.29) is 11.7 Å². The van der Waals surface area contributed by atoms with Crippen LogP contribution in [0.2, 0.25) is 5.02 Å². The highest BCUT2D eigenvalue weighted by molar-refractivity contribution is 7.92. The van der Waals surface area contributed by atoms with Gasteiger partial charge in [0.15, 0.2) is 9.84 Å². The summed E-state index contributed by atoms with van der Waals surface area (Å²) in [5, 5.41) is 13.4. The van der Waals surface area contributed by atoms with Gasteiger partial charge in [-0.15, -0.1) is 10.2 Å². The van der Waals surface area contributed by atoms with E-state index >= 15 is 0 Å². The molecule has 0 radical (unpaired) electrons.